The van der Waals surface area contributed by atoms with E-state index in [-0.39, 0.29) is 12.3 Å². The maximum Gasteiger partial charge on any atom is 0.213 e. The Morgan fingerprint density at radius 2 is 2.25 bits per heavy atom. The van der Waals surface area contributed by atoms with E-state index in [0.717, 1.165) is 6.54 Å². The molecule has 0 aliphatic carbocycles. The van der Waals surface area contributed by atoms with Crippen LogP contribution in [0.1, 0.15) is 18.4 Å². The Morgan fingerprint density at radius 1 is 1.50 bits per heavy atom. The second-order valence-electron chi connectivity index (χ2n) is 3.42. The Labute approximate surface area is 95.4 Å². The van der Waals surface area contributed by atoms with E-state index in [2.05, 4.69) is 15.2 Å². The van der Waals surface area contributed by atoms with Crippen molar-refractivity contribution in [2.24, 2.45) is 0 Å². The van der Waals surface area contributed by atoms with Crippen LogP contribution in [0.2, 0.25) is 0 Å². The molecule has 0 fully saturated rings. The zero-order valence-electron chi connectivity index (χ0n) is 9.49. The van der Waals surface area contributed by atoms with E-state index in [0.29, 0.717) is 18.0 Å². The van der Waals surface area contributed by atoms with E-state index >= 15 is 0 Å². The molecule has 0 aliphatic rings. The number of sulfonamides is 1. The van der Waals surface area contributed by atoms with E-state index in [4.69, 9.17) is 4.52 Å². The van der Waals surface area contributed by atoms with Crippen LogP contribution in [0.25, 0.3) is 0 Å². The molecule has 6 nitrogen and oxygen atoms in total. The molecule has 0 atom stereocenters. The molecule has 1 heterocycles. The number of rotatable bonds is 7. The van der Waals surface area contributed by atoms with Crippen molar-refractivity contribution >= 4 is 10.0 Å². The minimum Gasteiger partial charge on any atom is -0.361 e. The Hall–Kier alpha value is -0.920. The predicted molar refractivity (Wildman–Crippen MR) is 60.4 cm³/mol. The lowest BCUT2D eigenvalue weighted by Crippen LogP contribution is -2.31. The van der Waals surface area contributed by atoms with E-state index in [1.807, 2.05) is 6.92 Å². The summed E-state index contributed by atoms with van der Waals surface area (Å²) in [6.45, 7) is 5.07. The quantitative estimate of drug-likeness (QED) is 0.663. The molecule has 0 aliphatic heterocycles. The summed E-state index contributed by atoms with van der Waals surface area (Å²) in [5, 5.41) is 6.65. The third-order valence-corrected chi connectivity index (χ3v) is 3.27. The smallest absolute Gasteiger partial charge is 0.213 e. The van der Waals surface area contributed by atoms with Crippen molar-refractivity contribution in [2.45, 2.75) is 20.4 Å². The molecule has 0 bridgehead atoms. The van der Waals surface area contributed by atoms with Crippen molar-refractivity contribution in [3.8, 4) is 0 Å². The third kappa shape index (κ3) is 4.73. The minimum atomic E-state index is -3.24. The second-order valence-corrected chi connectivity index (χ2v) is 5.35. The molecule has 1 aromatic rings. The summed E-state index contributed by atoms with van der Waals surface area (Å²) in [6.07, 6.45) is 0. The Morgan fingerprint density at radius 3 is 2.81 bits per heavy atom. The molecule has 92 valence electrons. The van der Waals surface area contributed by atoms with E-state index in [9.17, 15) is 8.42 Å². The molecular formula is C9H17N3O3S. The van der Waals surface area contributed by atoms with Crippen molar-refractivity contribution in [3.05, 3.63) is 17.5 Å². The number of hydrogen-bond acceptors (Lipinski definition) is 5. The lowest BCUT2D eigenvalue weighted by molar-refractivity contribution is 0.390. The summed E-state index contributed by atoms with van der Waals surface area (Å²) in [7, 11) is -3.24. The average Bonchev–Trinajstić information content (AvgIpc) is 2.62. The number of nitrogens with zero attached hydrogens (tertiary/aromatic N) is 1. The monoisotopic (exact) mass is 247 g/mol. The van der Waals surface area contributed by atoms with Gasteiger partial charge in [-0.3, -0.25) is 0 Å². The molecule has 2 N–H and O–H groups in total. The van der Waals surface area contributed by atoms with Gasteiger partial charge in [-0.15, -0.1) is 0 Å². The highest BCUT2D eigenvalue weighted by molar-refractivity contribution is 7.89. The first-order valence-corrected chi connectivity index (χ1v) is 6.79. The number of aryl methyl sites for hydroxylation is 1. The molecule has 16 heavy (non-hydrogen) atoms. The minimum absolute atomic E-state index is 0.0671. The fourth-order valence-corrected chi connectivity index (χ4v) is 2.07. The molecule has 1 rings (SSSR count). The Balaban J connectivity index is 2.36. The molecule has 7 heteroatoms. The van der Waals surface area contributed by atoms with Crippen LogP contribution in [0.15, 0.2) is 10.6 Å². The largest absolute Gasteiger partial charge is 0.361 e. The van der Waals surface area contributed by atoms with Gasteiger partial charge in [0.1, 0.15) is 5.76 Å². The summed E-state index contributed by atoms with van der Waals surface area (Å²) < 4.78 is 30.2. The average molecular weight is 247 g/mol. The highest BCUT2D eigenvalue weighted by Gasteiger charge is 2.10. The van der Waals surface area contributed by atoms with Crippen molar-refractivity contribution in [2.75, 3.05) is 18.8 Å². The first-order valence-electron chi connectivity index (χ1n) is 5.14. The number of hydrogen-bond donors (Lipinski definition) is 2. The maximum absolute atomic E-state index is 11.5. The fraction of sp³-hybridized carbons (Fsp3) is 0.667. The summed E-state index contributed by atoms with van der Waals surface area (Å²) >= 11 is 0. The van der Waals surface area contributed by atoms with Gasteiger partial charge in [0.25, 0.3) is 0 Å². The fourth-order valence-electron chi connectivity index (χ4n) is 1.14. The van der Waals surface area contributed by atoms with Gasteiger partial charge in [-0.25, -0.2) is 13.1 Å². The van der Waals surface area contributed by atoms with Crippen LogP contribution in [-0.2, 0) is 16.6 Å². The van der Waals surface area contributed by atoms with Crippen LogP contribution in [-0.4, -0.2) is 32.4 Å². The molecule has 1 aromatic heterocycles. The zero-order valence-corrected chi connectivity index (χ0v) is 10.3. The third-order valence-electron chi connectivity index (χ3n) is 1.95. The highest BCUT2D eigenvalue weighted by Crippen LogP contribution is 2.01. The van der Waals surface area contributed by atoms with Crippen molar-refractivity contribution in [1.82, 2.24) is 15.2 Å². The van der Waals surface area contributed by atoms with Gasteiger partial charge in [-0.1, -0.05) is 12.1 Å². The first kappa shape index (κ1) is 13.1. The van der Waals surface area contributed by atoms with Gasteiger partial charge < -0.3 is 9.84 Å². The molecule has 0 amide bonds. The normalized spacial score (nSPS) is 11.9. The van der Waals surface area contributed by atoms with Gasteiger partial charge in [0.2, 0.25) is 10.0 Å². The Kier molecular flexibility index (Phi) is 4.91. The van der Waals surface area contributed by atoms with Crippen LogP contribution in [0.4, 0.5) is 0 Å². The van der Waals surface area contributed by atoms with Crippen LogP contribution in [0.3, 0.4) is 0 Å². The van der Waals surface area contributed by atoms with Gasteiger partial charge in [-0.05, 0) is 13.5 Å². The van der Waals surface area contributed by atoms with Crippen LogP contribution < -0.4 is 10.0 Å². The highest BCUT2D eigenvalue weighted by atomic mass is 32.2. The molecule has 0 aromatic carbocycles. The molecule has 0 saturated heterocycles. The lowest BCUT2D eigenvalue weighted by atomic mass is 10.4. The number of nitrogens with one attached hydrogen (secondary N) is 2. The van der Waals surface area contributed by atoms with Gasteiger partial charge in [0.15, 0.2) is 0 Å². The summed E-state index contributed by atoms with van der Waals surface area (Å²) in [5.41, 5.74) is 0.588. The standard InChI is InChI=1S/C9H17N3O3S/c1-3-10-4-5-16(13,14)11-7-9-6-8(2)15-12-9/h6,10-11H,3-5,7H2,1-2H3. The van der Waals surface area contributed by atoms with Crippen molar-refractivity contribution < 1.29 is 12.9 Å². The molecular weight excluding hydrogens is 230 g/mol. The van der Waals surface area contributed by atoms with Crippen molar-refractivity contribution in [3.63, 3.8) is 0 Å². The summed E-state index contributed by atoms with van der Waals surface area (Å²) in [5.74, 6) is 0.736. The van der Waals surface area contributed by atoms with Gasteiger partial charge in [0.05, 0.1) is 18.0 Å². The molecule has 0 radical (unpaired) electrons. The SMILES string of the molecule is CCNCCS(=O)(=O)NCc1cc(C)on1. The Bertz CT molecular complexity index is 413. The van der Waals surface area contributed by atoms with Gasteiger partial charge in [-0.2, -0.15) is 0 Å². The van der Waals surface area contributed by atoms with Crippen LogP contribution >= 0.6 is 0 Å². The van der Waals surface area contributed by atoms with Crippen molar-refractivity contribution in [1.29, 1.82) is 0 Å². The molecule has 0 spiro atoms. The van der Waals surface area contributed by atoms with E-state index in [1.165, 1.54) is 0 Å². The van der Waals surface area contributed by atoms with Gasteiger partial charge >= 0.3 is 0 Å². The van der Waals surface area contributed by atoms with Gasteiger partial charge in [0, 0.05) is 12.6 Å². The lowest BCUT2D eigenvalue weighted by Gasteiger charge is -2.04. The predicted octanol–water partition coefficient (Wildman–Crippen LogP) is 0.0119. The summed E-state index contributed by atoms with van der Waals surface area (Å²) in [4.78, 5) is 0. The van der Waals surface area contributed by atoms with Crippen LogP contribution in [0, 0.1) is 6.92 Å². The van der Waals surface area contributed by atoms with E-state index in [1.54, 1.807) is 13.0 Å². The van der Waals surface area contributed by atoms with E-state index < -0.39 is 10.0 Å². The summed E-state index contributed by atoms with van der Waals surface area (Å²) in [6, 6.07) is 1.70. The number of aromatic nitrogens is 1. The van der Waals surface area contributed by atoms with Crippen LogP contribution in [0.5, 0.6) is 0 Å². The first-order chi connectivity index (χ1) is 7.53. The zero-order chi connectivity index (χ0) is 12.0. The molecule has 0 saturated carbocycles. The second kappa shape index (κ2) is 5.97. The molecule has 0 unspecified atom stereocenters. The maximum atomic E-state index is 11.5. The topological polar surface area (TPSA) is 84.2 Å².